The Morgan fingerprint density at radius 1 is 0.824 bits per heavy atom. The minimum Gasteiger partial charge on any atom is -0.330 e. The summed E-state index contributed by atoms with van der Waals surface area (Å²) in [4.78, 5) is 0. The first kappa shape index (κ1) is 14.5. The van der Waals surface area contributed by atoms with Gasteiger partial charge in [-0.25, -0.2) is 0 Å². The van der Waals surface area contributed by atoms with E-state index in [0.29, 0.717) is 0 Å². The molecule has 0 amide bonds. The summed E-state index contributed by atoms with van der Waals surface area (Å²) in [7, 11) is 0. The molecule has 1 nitrogen and oxygen atoms in total. The molecular weight excluding hydrogens is 206 g/mol. The van der Waals surface area contributed by atoms with Gasteiger partial charge in [0.1, 0.15) is 0 Å². The van der Waals surface area contributed by atoms with Crippen LogP contribution in [0.15, 0.2) is 23.8 Å². The van der Waals surface area contributed by atoms with Gasteiger partial charge in [0, 0.05) is 0 Å². The molecule has 0 saturated heterocycles. The third kappa shape index (κ3) is 8.20. The lowest BCUT2D eigenvalue weighted by atomic mass is 10.0. The first-order valence-corrected chi connectivity index (χ1v) is 7.49. The van der Waals surface area contributed by atoms with Crippen molar-refractivity contribution in [2.75, 3.05) is 6.54 Å². The Kier molecular flexibility index (Phi) is 9.03. The lowest BCUT2D eigenvalue weighted by Crippen LogP contribution is -1.97. The fraction of sp³-hybridized carbons (Fsp3) is 0.750. The molecule has 0 aliphatic heterocycles. The number of hydrogen-bond donors (Lipinski definition) is 1. The first-order chi connectivity index (χ1) is 8.43. The van der Waals surface area contributed by atoms with Gasteiger partial charge in [-0.15, -0.1) is 0 Å². The number of nitrogens with two attached hydrogens (primary N) is 1. The van der Waals surface area contributed by atoms with Crippen molar-refractivity contribution >= 4 is 0 Å². The Labute approximate surface area is 107 Å². The third-order valence-corrected chi connectivity index (χ3v) is 3.52. The molecule has 0 fully saturated rings. The highest BCUT2D eigenvalue weighted by atomic mass is 14.5. The predicted octanol–water partition coefficient (Wildman–Crippen LogP) is 4.73. The minimum atomic E-state index is 0.865. The lowest BCUT2D eigenvalue weighted by molar-refractivity contribution is 0.561. The minimum absolute atomic E-state index is 0.865. The van der Waals surface area contributed by atoms with Crippen LogP contribution in [0.25, 0.3) is 0 Å². The molecule has 1 heteroatoms. The number of allylic oxidation sites excluding steroid dienone is 4. The predicted molar refractivity (Wildman–Crippen MR) is 77.1 cm³/mol. The summed E-state index contributed by atoms with van der Waals surface area (Å²) >= 11 is 0. The Morgan fingerprint density at radius 2 is 1.41 bits per heavy atom. The first-order valence-electron chi connectivity index (χ1n) is 7.49. The largest absolute Gasteiger partial charge is 0.330 e. The van der Waals surface area contributed by atoms with Gasteiger partial charge in [-0.1, -0.05) is 68.7 Å². The SMILES string of the molecule is NCCCCCCCCCCCC1=CCC=C1. The summed E-state index contributed by atoms with van der Waals surface area (Å²) in [6, 6.07) is 0. The number of hydrogen-bond acceptors (Lipinski definition) is 1. The number of unbranched alkanes of at least 4 members (excludes halogenated alkanes) is 8. The monoisotopic (exact) mass is 235 g/mol. The van der Waals surface area contributed by atoms with Crippen molar-refractivity contribution in [3.63, 3.8) is 0 Å². The van der Waals surface area contributed by atoms with Crippen molar-refractivity contribution in [2.45, 2.75) is 70.6 Å². The van der Waals surface area contributed by atoms with E-state index in [0.717, 1.165) is 13.0 Å². The van der Waals surface area contributed by atoms with Crippen LogP contribution in [-0.2, 0) is 0 Å². The maximum atomic E-state index is 5.47. The van der Waals surface area contributed by atoms with Gasteiger partial charge in [-0.05, 0) is 32.2 Å². The summed E-state index contributed by atoms with van der Waals surface area (Å²) in [5.41, 5.74) is 7.03. The Balaban J connectivity index is 1.74. The van der Waals surface area contributed by atoms with Gasteiger partial charge >= 0.3 is 0 Å². The van der Waals surface area contributed by atoms with Crippen molar-refractivity contribution in [1.82, 2.24) is 0 Å². The van der Waals surface area contributed by atoms with Crippen LogP contribution >= 0.6 is 0 Å². The zero-order valence-corrected chi connectivity index (χ0v) is 11.3. The fourth-order valence-corrected chi connectivity index (χ4v) is 2.40. The zero-order valence-electron chi connectivity index (χ0n) is 11.3. The van der Waals surface area contributed by atoms with Gasteiger partial charge in [-0.2, -0.15) is 0 Å². The summed E-state index contributed by atoms with van der Waals surface area (Å²) in [5.74, 6) is 0. The molecule has 0 aromatic heterocycles. The molecule has 0 unspecified atom stereocenters. The summed E-state index contributed by atoms with van der Waals surface area (Å²) in [6.07, 6.45) is 21.8. The highest BCUT2D eigenvalue weighted by molar-refractivity contribution is 5.25. The van der Waals surface area contributed by atoms with Crippen molar-refractivity contribution in [1.29, 1.82) is 0 Å². The van der Waals surface area contributed by atoms with Crippen molar-refractivity contribution in [3.05, 3.63) is 23.8 Å². The molecular formula is C16H29N. The van der Waals surface area contributed by atoms with Crippen LogP contribution in [0.4, 0.5) is 0 Å². The van der Waals surface area contributed by atoms with Gasteiger partial charge in [0.05, 0.1) is 0 Å². The van der Waals surface area contributed by atoms with E-state index in [1.54, 1.807) is 5.57 Å². The Hall–Kier alpha value is -0.560. The molecule has 0 heterocycles. The van der Waals surface area contributed by atoms with Crippen LogP contribution < -0.4 is 5.73 Å². The molecule has 98 valence electrons. The zero-order chi connectivity index (χ0) is 12.2. The average Bonchev–Trinajstić information content (AvgIpc) is 2.85. The maximum absolute atomic E-state index is 5.47. The lowest BCUT2D eigenvalue weighted by Gasteiger charge is -2.02. The topological polar surface area (TPSA) is 26.0 Å². The van der Waals surface area contributed by atoms with E-state index in [9.17, 15) is 0 Å². The maximum Gasteiger partial charge on any atom is -0.00773 e. The smallest absolute Gasteiger partial charge is 0.00773 e. The molecule has 0 bridgehead atoms. The van der Waals surface area contributed by atoms with E-state index in [4.69, 9.17) is 5.73 Å². The molecule has 0 aromatic rings. The van der Waals surface area contributed by atoms with Gasteiger partial charge in [0.25, 0.3) is 0 Å². The second kappa shape index (κ2) is 10.6. The van der Waals surface area contributed by atoms with Gasteiger partial charge in [0.15, 0.2) is 0 Å². The Morgan fingerprint density at radius 3 is 1.94 bits per heavy atom. The van der Waals surface area contributed by atoms with Gasteiger partial charge in [0.2, 0.25) is 0 Å². The van der Waals surface area contributed by atoms with Crippen LogP contribution in [0.1, 0.15) is 70.6 Å². The number of rotatable bonds is 11. The molecule has 0 atom stereocenters. The molecule has 1 aliphatic carbocycles. The normalized spacial score (nSPS) is 14.3. The van der Waals surface area contributed by atoms with Crippen molar-refractivity contribution < 1.29 is 0 Å². The highest BCUT2D eigenvalue weighted by Gasteiger charge is 1.97. The Bertz CT molecular complexity index is 228. The van der Waals surface area contributed by atoms with E-state index < -0.39 is 0 Å². The van der Waals surface area contributed by atoms with Crippen molar-refractivity contribution in [3.8, 4) is 0 Å². The molecule has 1 rings (SSSR count). The molecule has 1 aliphatic rings. The van der Waals surface area contributed by atoms with Gasteiger partial charge in [-0.3, -0.25) is 0 Å². The van der Waals surface area contributed by atoms with E-state index in [2.05, 4.69) is 18.2 Å². The summed E-state index contributed by atoms with van der Waals surface area (Å²) in [6.45, 7) is 0.865. The molecule has 0 aromatic carbocycles. The van der Waals surface area contributed by atoms with E-state index in [1.165, 1.54) is 64.2 Å². The van der Waals surface area contributed by atoms with Crippen LogP contribution in [0.5, 0.6) is 0 Å². The molecule has 0 radical (unpaired) electrons. The van der Waals surface area contributed by atoms with Crippen molar-refractivity contribution in [2.24, 2.45) is 5.73 Å². The molecule has 2 N–H and O–H groups in total. The van der Waals surface area contributed by atoms with E-state index in [-0.39, 0.29) is 0 Å². The molecule has 0 spiro atoms. The van der Waals surface area contributed by atoms with Crippen LogP contribution in [0, 0.1) is 0 Å². The van der Waals surface area contributed by atoms with Crippen LogP contribution in [0.2, 0.25) is 0 Å². The highest BCUT2D eigenvalue weighted by Crippen LogP contribution is 2.17. The van der Waals surface area contributed by atoms with Crippen LogP contribution in [-0.4, -0.2) is 6.54 Å². The average molecular weight is 235 g/mol. The fourth-order valence-electron chi connectivity index (χ4n) is 2.40. The van der Waals surface area contributed by atoms with Gasteiger partial charge < -0.3 is 5.73 Å². The summed E-state index contributed by atoms with van der Waals surface area (Å²) in [5, 5.41) is 0. The molecule has 0 saturated carbocycles. The quantitative estimate of drug-likeness (QED) is 0.515. The second-order valence-electron chi connectivity index (χ2n) is 5.14. The molecule has 17 heavy (non-hydrogen) atoms. The van der Waals surface area contributed by atoms with E-state index in [1.807, 2.05) is 0 Å². The summed E-state index contributed by atoms with van der Waals surface area (Å²) < 4.78 is 0. The van der Waals surface area contributed by atoms with Crippen LogP contribution in [0.3, 0.4) is 0 Å². The standard InChI is InChI=1S/C16H29N/c17-15-11-7-5-3-1-2-4-6-8-12-16-13-9-10-14-16/h9,13-14H,1-8,10-12,15,17H2. The second-order valence-corrected chi connectivity index (χ2v) is 5.14. The van der Waals surface area contributed by atoms with E-state index >= 15 is 0 Å². The third-order valence-electron chi connectivity index (χ3n) is 3.52.